The Morgan fingerprint density at radius 3 is 2.76 bits per heavy atom. The van der Waals surface area contributed by atoms with Gasteiger partial charge in [0.1, 0.15) is 6.61 Å². The van der Waals surface area contributed by atoms with Crippen LogP contribution >= 0.6 is 0 Å². The van der Waals surface area contributed by atoms with Gasteiger partial charge in [-0.05, 0) is 5.56 Å². The predicted octanol–water partition coefficient (Wildman–Crippen LogP) is 1.58. The van der Waals surface area contributed by atoms with Crippen molar-refractivity contribution in [3.8, 4) is 5.88 Å². The zero-order valence-corrected chi connectivity index (χ0v) is 11.3. The van der Waals surface area contributed by atoms with Crippen molar-refractivity contribution in [2.45, 2.75) is 6.61 Å². The Morgan fingerprint density at radius 2 is 2.05 bits per heavy atom. The molecule has 0 atom stereocenters. The van der Waals surface area contributed by atoms with Crippen molar-refractivity contribution in [3.63, 3.8) is 0 Å². The summed E-state index contributed by atoms with van der Waals surface area (Å²) >= 11 is 0. The highest BCUT2D eigenvalue weighted by atomic mass is 16.5. The van der Waals surface area contributed by atoms with Crippen molar-refractivity contribution in [3.05, 3.63) is 48.2 Å². The molecule has 3 rings (SSSR count). The Labute approximate surface area is 122 Å². The van der Waals surface area contributed by atoms with E-state index in [0.717, 1.165) is 5.56 Å². The summed E-state index contributed by atoms with van der Waals surface area (Å²) in [6.07, 6.45) is 1.62. The van der Waals surface area contributed by atoms with Gasteiger partial charge >= 0.3 is 5.97 Å². The number of nitrogens with zero attached hydrogens (tertiary/aromatic N) is 3. The molecule has 1 aromatic carbocycles. The molecular formula is C15H15N3O3. The summed E-state index contributed by atoms with van der Waals surface area (Å²) in [5.41, 5.74) is 1.06. The first kappa shape index (κ1) is 13.4. The zero-order valence-electron chi connectivity index (χ0n) is 11.3. The van der Waals surface area contributed by atoms with Crippen LogP contribution in [0.2, 0.25) is 0 Å². The molecular weight excluding hydrogens is 270 g/mol. The molecule has 1 saturated heterocycles. The minimum Gasteiger partial charge on any atom is -0.481 e. The SMILES string of the molecule is O=C(O)C1CN(c2nccc(OCc3ccccc3)n2)C1. The van der Waals surface area contributed by atoms with E-state index in [9.17, 15) is 4.79 Å². The van der Waals surface area contributed by atoms with Crippen LogP contribution in [0.1, 0.15) is 5.56 Å². The maximum Gasteiger partial charge on any atom is 0.310 e. The van der Waals surface area contributed by atoms with E-state index in [0.29, 0.717) is 31.5 Å². The lowest BCUT2D eigenvalue weighted by atomic mass is 10.0. The summed E-state index contributed by atoms with van der Waals surface area (Å²) in [5.74, 6) is -0.106. The Balaban J connectivity index is 1.60. The smallest absolute Gasteiger partial charge is 0.310 e. The third-order valence-corrected chi connectivity index (χ3v) is 3.36. The molecule has 0 bridgehead atoms. The third-order valence-electron chi connectivity index (χ3n) is 3.36. The number of hydrogen-bond donors (Lipinski definition) is 1. The lowest BCUT2D eigenvalue weighted by molar-refractivity contribution is -0.142. The summed E-state index contributed by atoms with van der Waals surface area (Å²) in [4.78, 5) is 21.1. The Bertz CT molecular complexity index is 627. The summed E-state index contributed by atoms with van der Waals surface area (Å²) < 4.78 is 5.63. The van der Waals surface area contributed by atoms with E-state index in [1.807, 2.05) is 35.2 Å². The van der Waals surface area contributed by atoms with Gasteiger partial charge in [0.05, 0.1) is 5.92 Å². The van der Waals surface area contributed by atoms with E-state index in [1.54, 1.807) is 12.3 Å². The van der Waals surface area contributed by atoms with E-state index >= 15 is 0 Å². The van der Waals surface area contributed by atoms with Gasteiger partial charge in [0, 0.05) is 25.4 Å². The van der Waals surface area contributed by atoms with E-state index in [4.69, 9.17) is 9.84 Å². The molecule has 0 aliphatic carbocycles. The molecule has 1 aliphatic heterocycles. The van der Waals surface area contributed by atoms with Crippen molar-refractivity contribution in [1.82, 2.24) is 9.97 Å². The molecule has 21 heavy (non-hydrogen) atoms. The number of carboxylic acid groups (broad SMARTS) is 1. The van der Waals surface area contributed by atoms with Crippen LogP contribution in [-0.2, 0) is 11.4 Å². The highest BCUT2D eigenvalue weighted by molar-refractivity contribution is 5.73. The third kappa shape index (κ3) is 3.10. The molecule has 0 saturated carbocycles. The first-order valence-corrected chi connectivity index (χ1v) is 6.70. The fourth-order valence-corrected chi connectivity index (χ4v) is 2.09. The highest BCUT2D eigenvalue weighted by Gasteiger charge is 2.34. The van der Waals surface area contributed by atoms with Crippen LogP contribution in [-0.4, -0.2) is 34.1 Å². The molecule has 1 aromatic heterocycles. The number of carboxylic acids is 1. The largest absolute Gasteiger partial charge is 0.481 e. The first-order chi connectivity index (χ1) is 10.2. The van der Waals surface area contributed by atoms with Crippen molar-refractivity contribution in [1.29, 1.82) is 0 Å². The number of anilines is 1. The maximum absolute atomic E-state index is 10.8. The number of ether oxygens (including phenoxy) is 1. The fraction of sp³-hybridized carbons (Fsp3) is 0.267. The van der Waals surface area contributed by atoms with Gasteiger partial charge in [-0.1, -0.05) is 30.3 Å². The molecule has 0 spiro atoms. The zero-order chi connectivity index (χ0) is 14.7. The first-order valence-electron chi connectivity index (χ1n) is 6.70. The van der Waals surface area contributed by atoms with Crippen molar-refractivity contribution in [2.75, 3.05) is 18.0 Å². The van der Waals surface area contributed by atoms with Gasteiger partial charge in [-0.3, -0.25) is 4.79 Å². The monoisotopic (exact) mass is 285 g/mol. The minimum atomic E-state index is -0.775. The summed E-state index contributed by atoms with van der Waals surface area (Å²) in [5, 5.41) is 8.87. The van der Waals surface area contributed by atoms with Gasteiger partial charge < -0.3 is 14.7 Å². The molecule has 0 radical (unpaired) electrons. The molecule has 6 heteroatoms. The Kier molecular flexibility index (Phi) is 3.68. The molecule has 108 valence electrons. The standard InChI is InChI=1S/C15H15N3O3/c19-14(20)12-8-18(9-12)15-16-7-6-13(17-15)21-10-11-4-2-1-3-5-11/h1-7,12H,8-10H2,(H,19,20). The summed E-state index contributed by atoms with van der Waals surface area (Å²) in [6.45, 7) is 1.32. The normalized spacial score (nSPS) is 14.6. The van der Waals surface area contributed by atoms with Crippen LogP contribution in [0.4, 0.5) is 5.95 Å². The van der Waals surface area contributed by atoms with E-state index in [2.05, 4.69) is 9.97 Å². The molecule has 0 amide bonds. The van der Waals surface area contributed by atoms with Crippen LogP contribution in [0, 0.1) is 5.92 Å². The van der Waals surface area contributed by atoms with Gasteiger partial charge in [-0.25, -0.2) is 4.98 Å². The van der Waals surface area contributed by atoms with Crippen LogP contribution in [0.5, 0.6) is 5.88 Å². The second-order valence-electron chi connectivity index (χ2n) is 4.91. The maximum atomic E-state index is 10.8. The average Bonchev–Trinajstić information content (AvgIpc) is 2.45. The second kappa shape index (κ2) is 5.78. The average molecular weight is 285 g/mol. The number of aromatic nitrogens is 2. The van der Waals surface area contributed by atoms with Gasteiger partial charge in [0.15, 0.2) is 0 Å². The van der Waals surface area contributed by atoms with Crippen molar-refractivity contribution in [2.24, 2.45) is 5.92 Å². The molecule has 1 N–H and O–H groups in total. The fourth-order valence-electron chi connectivity index (χ4n) is 2.09. The lowest BCUT2D eigenvalue weighted by Crippen LogP contribution is -2.51. The molecule has 2 aromatic rings. The molecule has 1 aliphatic rings. The van der Waals surface area contributed by atoms with Crippen LogP contribution < -0.4 is 9.64 Å². The van der Waals surface area contributed by atoms with Crippen LogP contribution in [0.15, 0.2) is 42.6 Å². The summed E-state index contributed by atoms with van der Waals surface area (Å²) in [6, 6.07) is 11.5. The van der Waals surface area contributed by atoms with Crippen LogP contribution in [0.3, 0.4) is 0 Å². The van der Waals surface area contributed by atoms with E-state index < -0.39 is 5.97 Å². The predicted molar refractivity (Wildman–Crippen MR) is 76.1 cm³/mol. The topological polar surface area (TPSA) is 75.5 Å². The minimum absolute atomic E-state index is 0.331. The van der Waals surface area contributed by atoms with Crippen molar-refractivity contribution >= 4 is 11.9 Å². The summed E-state index contributed by atoms with van der Waals surface area (Å²) in [7, 11) is 0. The molecule has 2 heterocycles. The molecule has 0 unspecified atom stereocenters. The quantitative estimate of drug-likeness (QED) is 0.899. The molecule has 6 nitrogen and oxygen atoms in total. The van der Waals surface area contributed by atoms with E-state index in [-0.39, 0.29) is 5.92 Å². The molecule has 1 fully saturated rings. The number of hydrogen-bond acceptors (Lipinski definition) is 5. The number of rotatable bonds is 5. The second-order valence-corrected chi connectivity index (χ2v) is 4.91. The number of benzene rings is 1. The van der Waals surface area contributed by atoms with Crippen LogP contribution in [0.25, 0.3) is 0 Å². The van der Waals surface area contributed by atoms with E-state index in [1.165, 1.54) is 0 Å². The number of aliphatic carboxylic acids is 1. The van der Waals surface area contributed by atoms with Gasteiger partial charge in [0.2, 0.25) is 11.8 Å². The Morgan fingerprint density at radius 1 is 1.29 bits per heavy atom. The Hall–Kier alpha value is -2.63. The van der Waals surface area contributed by atoms with Gasteiger partial charge in [-0.15, -0.1) is 0 Å². The van der Waals surface area contributed by atoms with Gasteiger partial charge in [-0.2, -0.15) is 4.98 Å². The highest BCUT2D eigenvalue weighted by Crippen LogP contribution is 2.22. The van der Waals surface area contributed by atoms with Crippen molar-refractivity contribution < 1.29 is 14.6 Å². The van der Waals surface area contributed by atoms with Gasteiger partial charge in [0.25, 0.3) is 0 Å². The lowest BCUT2D eigenvalue weighted by Gasteiger charge is -2.36. The number of carbonyl (C=O) groups is 1.